The highest BCUT2D eigenvalue weighted by molar-refractivity contribution is 5.74. The number of rotatable bonds is 6. The zero-order chi connectivity index (χ0) is 14.9. The molecule has 0 aliphatic rings. The standard InChI is InChI=1S/C15H18N4O2/c1-21-9-8-18-15(20)19-11-13-5-3-7-17-14(13)12-4-2-6-16-10-12/h2-7,10H,8-9,11H2,1H3,(H2,18,19,20). The van der Waals surface area contributed by atoms with Crippen LogP contribution in [0.5, 0.6) is 0 Å². The third-order valence-electron chi connectivity index (χ3n) is 2.86. The van der Waals surface area contributed by atoms with Crippen LogP contribution in [0.15, 0.2) is 42.9 Å². The van der Waals surface area contributed by atoms with Crippen molar-refractivity contribution in [2.24, 2.45) is 0 Å². The van der Waals surface area contributed by atoms with Gasteiger partial charge in [-0.15, -0.1) is 0 Å². The molecule has 21 heavy (non-hydrogen) atoms. The van der Waals surface area contributed by atoms with Gasteiger partial charge in [-0.2, -0.15) is 0 Å². The highest BCUT2D eigenvalue weighted by Crippen LogP contribution is 2.19. The van der Waals surface area contributed by atoms with Gasteiger partial charge in [0, 0.05) is 44.4 Å². The van der Waals surface area contributed by atoms with E-state index in [1.165, 1.54) is 0 Å². The molecule has 2 amide bonds. The van der Waals surface area contributed by atoms with Gasteiger partial charge in [-0.05, 0) is 23.8 Å². The van der Waals surface area contributed by atoms with Gasteiger partial charge in [0.1, 0.15) is 0 Å². The van der Waals surface area contributed by atoms with Crippen LogP contribution >= 0.6 is 0 Å². The lowest BCUT2D eigenvalue weighted by Crippen LogP contribution is -2.36. The second-order valence-electron chi connectivity index (χ2n) is 4.36. The van der Waals surface area contributed by atoms with Crippen molar-refractivity contribution in [3.8, 4) is 11.3 Å². The zero-order valence-corrected chi connectivity index (χ0v) is 11.9. The number of nitrogens with one attached hydrogen (secondary N) is 2. The Kier molecular flexibility index (Phi) is 5.66. The van der Waals surface area contributed by atoms with Crippen LogP contribution in [-0.4, -0.2) is 36.3 Å². The van der Waals surface area contributed by atoms with Gasteiger partial charge < -0.3 is 15.4 Å². The third-order valence-corrected chi connectivity index (χ3v) is 2.86. The van der Waals surface area contributed by atoms with E-state index in [1.54, 1.807) is 25.7 Å². The summed E-state index contributed by atoms with van der Waals surface area (Å²) < 4.78 is 4.87. The first-order valence-corrected chi connectivity index (χ1v) is 6.66. The van der Waals surface area contributed by atoms with E-state index >= 15 is 0 Å². The lowest BCUT2D eigenvalue weighted by Gasteiger charge is -2.10. The van der Waals surface area contributed by atoms with E-state index in [0.29, 0.717) is 19.7 Å². The van der Waals surface area contributed by atoms with E-state index in [9.17, 15) is 4.79 Å². The Hall–Kier alpha value is -2.47. The summed E-state index contributed by atoms with van der Waals surface area (Å²) in [6.07, 6.45) is 5.20. The average molecular weight is 286 g/mol. The first kappa shape index (κ1) is 14.9. The number of methoxy groups -OCH3 is 1. The molecular formula is C15H18N4O2. The quantitative estimate of drug-likeness (QED) is 0.791. The van der Waals surface area contributed by atoms with Gasteiger partial charge in [-0.25, -0.2) is 4.79 Å². The van der Waals surface area contributed by atoms with Crippen LogP contribution < -0.4 is 10.6 Å². The van der Waals surface area contributed by atoms with Gasteiger partial charge in [0.15, 0.2) is 0 Å². The van der Waals surface area contributed by atoms with Crippen LogP contribution in [0.3, 0.4) is 0 Å². The van der Waals surface area contributed by atoms with Gasteiger partial charge in [0.25, 0.3) is 0 Å². The Morgan fingerprint density at radius 3 is 2.86 bits per heavy atom. The minimum Gasteiger partial charge on any atom is -0.383 e. The van der Waals surface area contributed by atoms with Crippen LogP contribution in [0, 0.1) is 0 Å². The molecule has 2 rings (SSSR count). The summed E-state index contributed by atoms with van der Waals surface area (Å²) >= 11 is 0. The maximum absolute atomic E-state index is 11.6. The molecule has 0 unspecified atom stereocenters. The van der Waals surface area contributed by atoms with Crippen LogP contribution in [0.2, 0.25) is 0 Å². The molecule has 6 heteroatoms. The van der Waals surface area contributed by atoms with E-state index in [4.69, 9.17) is 4.74 Å². The van der Waals surface area contributed by atoms with Gasteiger partial charge in [0.05, 0.1) is 12.3 Å². The maximum atomic E-state index is 11.6. The molecule has 6 nitrogen and oxygen atoms in total. The van der Waals surface area contributed by atoms with E-state index < -0.39 is 0 Å². The largest absolute Gasteiger partial charge is 0.383 e. The zero-order valence-electron chi connectivity index (χ0n) is 11.9. The Balaban J connectivity index is 1.99. The summed E-state index contributed by atoms with van der Waals surface area (Å²) in [6, 6.07) is 7.36. The number of carbonyl (C=O) groups is 1. The molecule has 0 spiro atoms. The molecular weight excluding hydrogens is 268 g/mol. The van der Waals surface area contributed by atoms with Crippen molar-refractivity contribution in [3.63, 3.8) is 0 Å². The lowest BCUT2D eigenvalue weighted by atomic mass is 10.1. The molecule has 0 saturated carbocycles. The van der Waals surface area contributed by atoms with Crippen LogP contribution in [0.4, 0.5) is 4.79 Å². The maximum Gasteiger partial charge on any atom is 0.315 e. The van der Waals surface area contributed by atoms with Crippen LogP contribution in [0.25, 0.3) is 11.3 Å². The molecule has 0 saturated heterocycles. The van der Waals surface area contributed by atoms with Crippen LogP contribution in [-0.2, 0) is 11.3 Å². The summed E-state index contributed by atoms with van der Waals surface area (Å²) in [5.74, 6) is 0. The Morgan fingerprint density at radius 2 is 2.10 bits per heavy atom. The highest BCUT2D eigenvalue weighted by atomic mass is 16.5. The monoisotopic (exact) mass is 286 g/mol. The van der Waals surface area contributed by atoms with Gasteiger partial charge in [-0.3, -0.25) is 9.97 Å². The minimum atomic E-state index is -0.229. The molecule has 0 aromatic carbocycles. The molecule has 0 atom stereocenters. The number of pyridine rings is 2. The molecule has 110 valence electrons. The number of aromatic nitrogens is 2. The fraction of sp³-hybridized carbons (Fsp3) is 0.267. The number of urea groups is 1. The second-order valence-corrected chi connectivity index (χ2v) is 4.36. The molecule has 0 radical (unpaired) electrons. The minimum absolute atomic E-state index is 0.229. The SMILES string of the molecule is COCCNC(=O)NCc1cccnc1-c1cccnc1. The molecule has 2 N–H and O–H groups in total. The molecule has 0 aliphatic heterocycles. The number of hydrogen-bond acceptors (Lipinski definition) is 4. The Bertz CT molecular complexity index is 575. The number of ether oxygens (including phenoxy) is 1. The normalized spacial score (nSPS) is 10.1. The van der Waals surface area contributed by atoms with Crippen LogP contribution in [0.1, 0.15) is 5.56 Å². The predicted molar refractivity (Wildman–Crippen MR) is 79.6 cm³/mol. The fourth-order valence-corrected chi connectivity index (χ4v) is 1.85. The van der Waals surface area contributed by atoms with Crippen molar-refractivity contribution in [2.45, 2.75) is 6.54 Å². The third kappa shape index (κ3) is 4.54. The van der Waals surface area contributed by atoms with Gasteiger partial charge in [-0.1, -0.05) is 6.07 Å². The van der Waals surface area contributed by atoms with Gasteiger partial charge >= 0.3 is 6.03 Å². The van der Waals surface area contributed by atoms with E-state index in [2.05, 4.69) is 20.6 Å². The van der Waals surface area contributed by atoms with Crippen molar-refractivity contribution in [2.75, 3.05) is 20.3 Å². The van der Waals surface area contributed by atoms with E-state index in [-0.39, 0.29) is 6.03 Å². The summed E-state index contributed by atoms with van der Waals surface area (Å²) in [7, 11) is 1.59. The molecule has 0 fully saturated rings. The highest BCUT2D eigenvalue weighted by Gasteiger charge is 2.07. The average Bonchev–Trinajstić information content (AvgIpc) is 2.54. The Labute approximate surface area is 123 Å². The second kappa shape index (κ2) is 7.96. The molecule has 0 bridgehead atoms. The molecule has 0 aliphatic carbocycles. The smallest absolute Gasteiger partial charge is 0.315 e. The fourth-order valence-electron chi connectivity index (χ4n) is 1.85. The summed E-state index contributed by atoms with van der Waals surface area (Å²) in [4.78, 5) is 20.1. The van der Waals surface area contributed by atoms with Crippen molar-refractivity contribution < 1.29 is 9.53 Å². The van der Waals surface area contributed by atoms with Crippen molar-refractivity contribution in [3.05, 3.63) is 48.4 Å². The van der Waals surface area contributed by atoms with E-state index in [0.717, 1.165) is 16.8 Å². The first-order valence-electron chi connectivity index (χ1n) is 6.66. The predicted octanol–water partition coefficient (Wildman–Crippen LogP) is 1.59. The van der Waals surface area contributed by atoms with Gasteiger partial charge in [0.2, 0.25) is 0 Å². The number of nitrogens with zero attached hydrogens (tertiary/aromatic N) is 2. The lowest BCUT2D eigenvalue weighted by molar-refractivity contribution is 0.196. The van der Waals surface area contributed by atoms with Crippen molar-refractivity contribution in [1.29, 1.82) is 0 Å². The molecule has 2 heterocycles. The topological polar surface area (TPSA) is 76.1 Å². The number of amides is 2. The summed E-state index contributed by atoms with van der Waals surface area (Å²) in [5.41, 5.74) is 2.69. The number of carbonyl (C=O) groups excluding carboxylic acids is 1. The number of hydrogen-bond donors (Lipinski definition) is 2. The van der Waals surface area contributed by atoms with E-state index in [1.807, 2.05) is 24.3 Å². The van der Waals surface area contributed by atoms with Crippen molar-refractivity contribution >= 4 is 6.03 Å². The molecule has 2 aromatic heterocycles. The summed E-state index contributed by atoms with van der Waals surface area (Å²) in [5, 5.41) is 5.51. The Morgan fingerprint density at radius 1 is 1.24 bits per heavy atom. The first-order chi connectivity index (χ1) is 10.3. The molecule has 2 aromatic rings. The summed E-state index contributed by atoms with van der Waals surface area (Å²) in [6.45, 7) is 1.36. The van der Waals surface area contributed by atoms with Crippen molar-refractivity contribution in [1.82, 2.24) is 20.6 Å².